The summed E-state index contributed by atoms with van der Waals surface area (Å²) in [5.41, 5.74) is 9.43. The van der Waals surface area contributed by atoms with E-state index >= 15 is 0 Å². The standard InChI is InChI=1S/C19H20N2O2/c1-2-18(22)21-11-5-6-13-9-10-14(12-17(13)21)19(23)15-7-3-4-8-16(15)20/h3-4,7-10,12H,2,5-6,11,20H2,1H3. The van der Waals surface area contributed by atoms with Gasteiger partial charge in [0, 0.05) is 35.5 Å². The molecule has 23 heavy (non-hydrogen) atoms. The van der Waals surface area contributed by atoms with E-state index in [1.807, 2.05) is 25.1 Å². The van der Waals surface area contributed by atoms with Gasteiger partial charge in [-0.2, -0.15) is 0 Å². The lowest BCUT2D eigenvalue weighted by molar-refractivity contribution is -0.118. The van der Waals surface area contributed by atoms with Gasteiger partial charge in [-0.15, -0.1) is 0 Å². The van der Waals surface area contributed by atoms with Gasteiger partial charge in [-0.25, -0.2) is 0 Å². The molecule has 0 spiro atoms. The van der Waals surface area contributed by atoms with Crippen molar-refractivity contribution in [2.45, 2.75) is 26.2 Å². The van der Waals surface area contributed by atoms with Crippen LogP contribution in [0.3, 0.4) is 0 Å². The molecule has 0 fully saturated rings. The van der Waals surface area contributed by atoms with Gasteiger partial charge in [0.2, 0.25) is 5.91 Å². The zero-order chi connectivity index (χ0) is 16.4. The molecule has 2 N–H and O–H groups in total. The summed E-state index contributed by atoms with van der Waals surface area (Å²) in [6.45, 7) is 2.57. The van der Waals surface area contributed by atoms with Crippen molar-refractivity contribution in [2.75, 3.05) is 17.2 Å². The van der Waals surface area contributed by atoms with Gasteiger partial charge in [0.15, 0.2) is 5.78 Å². The molecule has 2 aromatic rings. The monoisotopic (exact) mass is 308 g/mol. The van der Waals surface area contributed by atoms with Crippen LogP contribution in [-0.2, 0) is 11.2 Å². The van der Waals surface area contributed by atoms with Gasteiger partial charge in [-0.3, -0.25) is 9.59 Å². The maximum absolute atomic E-state index is 12.7. The first-order valence-electron chi connectivity index (χ1n) is 7.94. The van der Waals surface area contributed by atoms with Crippen LogP contribution in [-0.4, -0.2) is 18.2 Å². The second-order valence-electron chi connectivity index (χ2n) is 5.76. The molecule has 0 aliphatic carbocycles. The molecule has 0 saturated heterocycles. The lowest BCUT2D eigenvalue weighted by atomic mass is 9.95. The molecule has 4 nitrogen and oxygen atoms in total. The second kappa shape index (κ2) is 6.24. The summed E-state index contributed by atoms with van der Waals surface area (Å²) in [4.78, 5) is 26.7. The molecule has 0 atom stereocenters. The highest BCUT2D eigenvalue weighted by Crippen LogP contribution is 2.30. The van der Waals surface area contributed by atoms with Crippen LogP contribution in [0, 0.1) is 0 Å². The summed E-state index contributed by atoms with van der Waals surface area (Å²) in [7, 11) is 0. The zero-order valence-electron chi connectivity index (χ0n) is 13.2. The van der Waals surface area contributed by atoms with Crippen molar-refractivity contribution in [3.8, 4) is 0 Å². The van der Waals surface area contributed by atoms with Gasteiger partial charge in [0.1, 0.15) is 0 Å². The third-order valence-electron chi connectivity index (χ3n) is 4.28. The number of rotatable bonds is 3. The molecular formula is C19H20N2O2. The van der Waals surface area contributed by atoms with Crippen LogP contribution in [0.4, 0.5) is 11.4 Å². The smallest absolute Gasteiger partial charge is 0.226 e. The van der Waals surface area contributed by atoms with Gasteiger partial charge < -0.3 is 10.6 Å². The SMILES string of the molecule is CCC(=O)N1CCCc2ccc(C(=O)c3ccccc3N)cc21. The van der Waals surface area contributed by atoms with Crippen molar-refractivity contribution in [1.29, 1.82) is 0 Å². The van der Waals surface area contributed by atoms with E-state index in [1.165, 1.54) is 0 Å². The van der Waals surface area contributed by atoms with E-state index < -0.39 is 0 Å². The highest BCUT2D eigenvalue weighted by molar-refractivity contribution is 6.12. The average molecular weight is 308 g/mol. The Morgan fingerprint density at radius 2 is 1.96 bits per heavy atom. The van der Waals surface area contributed by atoms with Crippen molar-refractivity contribution in [1.82, 2.24) is 0 Å². The first-order chi connectivity index (χ1) is 11.1. The lowest BCUT2D eigenvalue weighted by Crippen LogP contribution is -2.35. The molecule has 1 aliphatic heterocycles. The minimum atomic E-state index is -0.111. The van der Waals surface area contributed by atoms with Crippen LogP contribution in [0.15, 0.2) is 42.5 Å². The number of para-hydroxylation sites is 1. The molecule has 0 aromatic heterocycles. The Kier molecular flexibility index (Phi) is 4.15. The molecular weight excluding hydrogens is 288 g/mol. The Labute approximate surface area is 135 Å². The predicted octanol–water partition coefficient (Wildman–Crippen LogP) is 3.19. The molecule has 3 rings (SSSR count). The number of anilines is 2. The summed E-state index contributed by atoms with van der Waals surface area (Å²) in [5, 5.41) is 0. The maximum atomic E-state index is 12.7. The van der Waals surface area contributed by atoms with E-state index in [9.17, 15) is 9.59 Å². The molecule has 1 aliphatic rings. The van der Waals surface area contributed by atoms with Crippen molar-refractivity contribution in [3.05, 3.63) is 59.2 Å². The quantitative estimate of drug-likeness (QED) is 0.699. The molecule has 1 amide bonds. The number of nitrogens with zero attached hydrogens (tertiary/aromatic N) is 1. The summed E-state index contributed by atoms with van der Waals surface area (Å²) in [6, 6.07) is 12.7. The largest absolute Gasteiger partial charge is 0.398 e. The van der Waals surface area contributed by atoms with E-state index in [1.54, 1.807) is 29.2 Å². The van der Waals surface area contributed by atoms with Crippen molar-refractivity contribution < 1.29 is 9.59 Å². The summed E-state index contributed by atoms with van der Waals surface area (Å²) in [6.07, 6.45) is 2.35. The van der Waals surface area contributed by atoms with Crippen molar-refractivity contribution in [3.63, 3.8) is 0 Å². The molecule has 118 valence electrons. The topological polar surface area (TPSA) is 63.4 Å². The summed E-state index contributed by atoms with van der Waals surface area (Å²) >= 11 is 0. The van der Waals surface area contributed by atoms with Gasteiger partial charge >= 0.3 is 0 Å². The Hall–Kier alpha value is -2.62. The number of carbonyl (C=O) groups excluding carboxylic acids is 2. The third kappa shape index (κ3) is 2.84. The Bertz CT molecular complexity index is 768. The van der Waals surface area contributed by atoms with Crippen LogP contribution >= 0.6 is 0 Å². The highest BCUT2D eigenvalue weighted by Gasteiger charge is 2.23. The van der Waals surface area contributed by atoms with Crippen LogP contribution in [0.1, 0.15) is 41.3 Å². The first kappa shape index (κ1) is 15.3. The number of carbonyl (C=O) groups is 2. The number of hydrogen-bond donors (Lipinski definition) is 1. The molecule has 2 aromatic carbocycles. The fourth-order valence-corrected chi connectivity index (χ4v) is 3.03. The summed E-state index contributed by atoms with van der Waals surface area (Å²) < 4.78 is 0. The second-order valence-corrected chi connectivity index (χ2v) is 5.76. The van der Waals surface area contributed by atoms with E-state index in [-0.39, 0.29) is 11.7 Å². The molecule has 0 unspecified atom stereocenters. The van der Waals surface area contributed by atoms with Crippen molar-refractivity contribution >= 4 is 23.1 Å². The normalized spacial score (nSPS) is 13.5. The zero-order valence-corrected chi connectivity index (χ0v) is 13.2. The van der Waals surface area contributed by atoms with Crippen LogP contribution in [0.2, 0.25) is 0 Å². The number of hydrogen-bond acceptors (Lipinski definition) is 3. The van der Waals surface area contributed by atoms with Gasteiger partial charge in [-0.1, -0.05) is 31.2 Å². The Balaban J connectivity index is 2.01. The summed E-state index contributed by atoms with van der Waals surface area (Å²) in [5.74, 6) is -0.0184. The van der Waals surface area contributed by atoms with E-state index in [0.29, 0.717) is 29.8 Å². The maximum Gasteiger partial charge on any atom is 0.226 e. The molecule has 0 radical (unpaired) electrons. The predicted molar refractivity (Wildman–Crippen MR) is 91.7 cm³/mol. The van der Waals surface area contributed by atoms with Crippen molar-refractivity contribution in [2.24, 2.45) is 0 Å². The molecule has 1 heterocycles. The van der Waals surface area contributed by atoms with E-state index in [2.05, 4.69) is 0 Å². The van der Waals surface area contributed by atoms with Gasteiger partial charge in [-0.05, 0) is 36.6 Å². The van der Waals surface area contributed by atoms with Crippen LogP contribution in [0.25, 0.3) is 0 Å². The molecule has 0 saturated carbocycles. The fourth-order valence-electron chi connectivity index (χ4n) is 3.03. The average Bonchev–Trinajstić information content (AvgIpc) is 2.60. The lowest BCUT2D eigenvalue weighted by Gasteiger charge is -2.29. The minimum absolute atomic E-state index is 0.0924. The number of benzene rings is 2. The van der Waals surface area contributed by atoms with E-state index in [4.69, 9.17) is 5.73 Å². The Morgan fingerprint density at radius 3 is 2.70 bits per heavy atom. The van der Waals surface area contributed by atoms with Gasteiger partial charge in [0.25, 0.3) is 0 Å². The molecule has 4 heteroatoms. The van der Waals surface area contributed by atoms with E-state index in [0.717, 1.165) is 24.1 Å². The van der Waals surface area contributed by atoms with Gasteiger partial charge in [0.05, 0.1) is 0 Å². The number of amides is 1. The highest BCUT2D eigenvalue weighted by atomic mass is 16.2. The fraction of sp³-hybridized carbons (Fsp3) is 0.263. The van der Waals surface area contributed by atoms with Crippen LogP contribution < -0.4 is 10.6 Å². The third-order valence-corrected chi connectivity index (χ3v) is 4.28. The number of ketones is 1. The number of nitrogen functional groups attached to an aromatic ring is 1. The Morgan fingerprint density at radius 1 is 1.17 bits per heavy atom. The number of nitrogens with two attached hydrogens (primary N) is 1. The minimum Gasteiger partial charge on any atom is -0.398 e. The molecule has 0 bridgehead atoms. The number of fused-ring (bicyclic) bond motifs is 1. The number of aryl methyl sites for hydroxylation is 1. The van der Waals surface area contributed by atoms with Crippen LogP contribution in [0.5, 0.6) is 0 Å². The first-order valence-corrected chi connectivity index (χ1v) is 7.94.